The lowest BCUT2D eigenvalue weighted by molar-refractivity contribution is -0.143. The number of benzene rings is 1. The summed E-state index contributed by atoms with van der Waals surface area (Å²) in [7, 11) is 0. The van der Waals surface area contributed by atoms with Gasteiger partial charge in [0, 0.05) is 6.04 Å². The highest BCUT2D eigenvalue weighted by molar-refractivity contribution is 5.70. The zero-order valence-electron chi connectivity index (χ0n) is 12.2. The molecule has 0 aliphatic carbocycles. The van der Waals surface area contributed by atoms with Crippen LogP contribution < -0.4 is 10.5 Å². The van der Waals surface area contributed by atoms with E-state index in [0.29, 0.717) is 13.2 Å². The van der Waals surface area contributed by atoms with Crippen LogP contribution in [0, 0.1) is 13.8 Å². The fourth-order valence-electron chi connectivity index (χ4n) is 2.09. The van der Waals surface area contributed by atoms with Crippen LogP contribution in [0.15, 0.2) is 12.1 Å². The van der Waals surface area contributed by atoms with Gasteiger partial charge >= 0.3 is 5.97 Å². The molecule has 106 valence electrons. The first kappa shape index (κ1) is 15.5. The molecule has 0 amide bonds. The first-order valence-corrected chi connectivity index (χ1v) is 6.64. The van der Waals surface area contributed by atoms with Crippen molar-refractivity contribution >= 4 is 5.97 Å². The minimum absolute atomic E-state index is 0.195. The second-order valence-corrected chi connectivity index (χ2v) is 4.53. The Morgan fingerprint density at radius 2 is 1.79 bits per heavy atom. The van der Waals surface area contributed by atoms with Crippen molar-refractivity contribution in [2.24, 2.45) is 5.73 Å². The first-order valence-electron chi connectivity index (χ1n) is 6.64. The fraction of sp³-hybridized carbons (Fsp3) is 0.533. The Labute approximate surface area is 114 Å². The minimum atomic E-state index is -0.341. The van der Waals surface area contributed by atoms with Gasteiger partial charge in [-0.25, -0.2) is 0 Å². The van der Waals surface area contributed by atoms with Crippen molar-refractivity contribution in [1.82, 2.24) is 0 Å². The topological polar surface area (TPSA) is 61.5 Å². The summed E-state index contributed by atoms with van der Waals surface area (Å²) in [5.41, 5.74) is 9.06. The third kappa shape index (κ3) is 4.24. The molecular weight excluding hydrogens is 242 g/mol. The molecule has 1 unspecified atom stereocenters. The van der Waals surface area contributed by atoms with Crippen molar-refractivity contribution in [1.29, 1.82) is 0 Å². The van der Waals surface area contributed by atoms with Crippen LogP contribution >= 0.6 is 0 Å². The van der Waals surface area contributed by atoms with E-state index in [4.69, 9.17) is 15.2 Å². The van der Waals surface area contributed by atoms with Crippen LogP contribution in [0.25, 0.3) is 0 Å². The Morgan fingerprint density at radius 3 is 2.26 bits per heavy atom. The van der Waals surface area contributed by atoms with Gasteiger partial charge in [-0.05, 0) is 44.4 Å². The Hall–Kier alpha value is -1.55. The van der Waals surface area contributed by atoms with E-state index < -0.39 is 0 Å². The number of aryl methyl sites for hydroxylation is 2. The van der Waals surface area contributed by atoms with Crippen LogP contribution in [0.1, 0.15) is 43.0 Å². The monoisotopic (exact) mass is 265 g/mol. The number of carbonyl (C=O) groups is 1. The lowest BCUT2D eigenvalue weighted by atomic mass is 9.99. The highest BCUT2D eigenvalue weighted by atomic mass is 16.5. The SMILES string of the molecule is CCOC(=O)CC(N)c1cc(C)c(OCC)c(C)c1. The van der Waals surface area contributed by atoms with Gasteiger partial charge in [0.15, 0.2) is 0 Å². The van der Waals surface area contributed by atoms with Crippen LogP contribution in [-0.4, -0.2) is 19.2 Å². The molecular formula is C15H23NO3. The average Bonchev–Trinajstić information content (AvgIpc) is 2.33. The number of nitrogens with two attached hydrogens (primary N) is 1. The van der Waals surface area contributed by atoms with Crippen molar-refractivity contribution in [3.05, 3.63) is 28.8 Å². The van der Waals surface area contributed by atoms with E-state index in [1.807, 2.05) is 32.9 Å². The molecule has 0 radical (unpaired) electrons. The van der Waals surface area contributed by atoms with Crippen molar-refractivity contribution in [2.75, 3.05) is 13.2 Å². The quantitative estimate of drug-likeness (QED) is 0.803. The van der Waals surface area contributed by atoms with E-state index in [2.05, 4.69) is 0 Å². The summed E-state index contributed by atoms with van der Waals surface area (Å²) < 4.78 is 10.5. The molecule has 4 nitrogen and oxygen atoms in total. The maximum Gasteiger partial charge on any atom is 0.307 e. The molecule has 0 heterocycles. The second-order valence-electron chi connectivity index (χ2n) is 4.53. The molecule has 0 aliphatic heterocycles. The molecule has 0 spiro atoms. The van der Waals surface area contributed by atoms with E-state index in [1.54, 1.807) is 6.92 Å². The Morgan fingerprint density at radius 1 is 1.21 bits per heavy atom. The third-order valence-electron chi connectivity index (χ3n) is 2.89. The summed E-state index contributed by atoms with van der Waals surface area (Å²) in [6, 6.07) is 3.61. The van der Waals surface area contributed by atoms with Crippen LogP contribution in [-0.2, 0) is 9.53 Å². The predicted octanol–water partition coefficient (Wildman–Crippen LogP) is 2.66. The molecule has 0 aliphatic rings. The molecule has 0 aromatic heterocycles. The average molecular weight is 265 g/mol. The van der Waals surface area contributed by atoms with Gasteiger partial charge in [0.25, 0.3) is 0 Å². The minimum Gasteiger partial charge on any atom is -0.493 e. The summed E-state index contributed by atoms with van der Waals surface area (Å²) in [5.74, 6) is 0.633. The molecule has 2 N–H and O–H groups in total. The Bertz CT molecular complexity index is 420. The zero-order chi connectivity index (χ0) is 14.4. The Balaban J connectivity index is 2.87. The summed E-state index contributed by atoms with van der Waals surface area (Å²) in [6.07, 6.45) is 0.195. The van der Waals surface area contributed by atoms with Crippen LogP contribution in [0.5, 0.6) is 5.75 Å². The van der Waals surface area contributed by atoms with E-state index in [0.717, 1.165) is 22.4 Å². The van der Waals surface area contributed by atoms with Gasteiger partial charge in [-0.1, -0.05) is 12.1 Å². The fourth-order valence-corrected chi connectivity index (χ4v) is 2.09. The predicted molar refractivity (Wildman–Crippen MR) is 75.3 cm³/mol. The van der Waals surface area contributed by atoms with Crippen molar-refractivity contribution < 1.29 is 14.3 Å². The third-order valence-corrected chi connectivity index (χ3v) is 2.89. The lowest BCUT2D eigenvalue weighted by Crippen LogP contribution is -2.17. The smallest absolute Gasteiger partial charge is 0.307 e. The number of hydrogen-bond donors (Lipinski definition) is 1. The molecule has 19 heavy (non-hydrogen) atoms. The van der Waals surface area contributed by atoms with Gasteiger partial charge in [0.05, 0.1) is 19.6 Å². The van der Waals surface area contributed by atoms with Crippen molar-refractivity contribution in [3.63, 3.8) is 0 Å². The number of esters is 1. The zero-order valence-corrected chi connectivity index (χ0v) is 12.2. The second kappa shape index (κ2) is 7.14. The molecule has 0 bridgehead atoms. The molecule has 0 fully saturated rings. The number of hydrogen-bond acceptors (Lipinski definition) is 4. The van der Waals surface area contributed by atoms with Crippen LogP contribution in [0.2, 0.25) is 0 Å². The maximum absolute atomic E-state index is 11.4. The summed E-state index contributed by atoms with van der Waals surface area (Å²) >= 11 is 0. The highest BCUT2D eigenvalue weighted by Gasteiger charge is 2.15. The van der Waals surface area contributed by atoms with Crippen molar-refractivity contribution in [2.45, 2.75) is 40.2 Å². The van der Waals surface area contributed by atoms with E-state index in [1.165, 1.54) is 0 Å². The molecule has 4 heteroatoms. The molecule has 1 aromatic rings. The standard InChI is InChI=1S/C15H23NO3/c1-5-18-14(17)9-13(16)12-7-10(3)15(19-6-2)11(4)8-12/h7-8,13H,5-6,9,16H2,1-4H3. The number of carbonyl (C=O) groups excluding carboxylic acids is 1. The van der Waals surface area contributed by atoms with Gasteiger partial charge in [-0.2, -0.15) is 0 Å². The molecule has 0 saturated heterocycles. The lowest BCUT2D eigenvalue weighted by Gasteiger charge is -2.16. The molecule has 1 atom stereocenters. The van der Waals surface area contributed by atoms with Gasteiger partial charge < -0.3 is 15.2 Å². The largest absolute Gasteiger partial charge is 0.493 e. The van der Waals surface area contributed by atoms with Gasteiger partial charge in [-0.3, -0.25) is 4.79 Å². The first-order chi connectivity index (χ1) is 8.99. The maximum atomic E-state index is 11.4. The Kier molecular flexibility index (Phi) is 5.83. The summed E-state index contributed by atoms with van der Waals surface area (Å²) in [6.45, 7) is 8.73. The van der Waals surface area contributed by atoms with E-state index in [9.17, 15) is 4.79 Å². The highest BCUT2D eigenvalue weighted by Crippen LogP contribution is 2.28. The summed E-state index contributed by atoms with van der Waals surface area (Å²) in [4.78, 5) is 11.4. The number of ether oxygens (including phenoxy) is 2. The van der Waals surface area contributed by atoms with Gasteiger partial charge in [0.2, 0.25) is 0 Å². The van der Waals surface area contributed by atoms with E-state index >= 15 is 0 Å². The molecule has 1 rings (SSSR count). The normalized spacial score (nSPS) is 12.1. The van der Waals surface area contributed by atoms with Crippen LogP contribution in [0.3, 0.4) is 0 Å². The van der Waals surface area contributed by atoms with Crippen LogP contribution in [0.4, 0.5) is 0 Å². The number of rotatable bonds is 6. The van der Waals surface area contributed by atoms with E-state index in [-0.39, 0.29) is 18.4 Å². The van der Waals surface area contributed by atoms with Gasteiger partial charge in [-0.15, -0.1) is 0 Å². The molecule has 0 saturated carbocycles. The van der Waals surface area contributed by atoms with Gasteiger partial charge in [0.1, 0.15) is 5.75 Å². The van der Waals surface area contributed by atoms with Crippen molar-refractivity contribution in [3.8, 4) is 5.75 Å². The summed E-state index contributed by atoms with van der Waals surface area (Å²) in [5, 5.41) is 0. The molecule has 1 aromatic carbocycles.